The number of halogens is 3. The Morgan fingerprint density at radius 2 is 1.75 bits per heavy atom. The van der Waals surface area contributed by atoms with Gasteiger partial charge in [-0.25, -0.2) is 0 Å². The number of hydrogen-bond donors (Lipinski definition) is 0. The smallest absolute Gasteiger partial charge is 0.284 e. The quantitative estimate of drug-likeness (QED) is 0.616. The lowest BCUT2D eigenvalue weighted by Gasteiger charge is -2.03. The van der Waals surface area contributed by atoms with Crippen LogP contribution in [0.25, 0.3) is 0 Å². The Morgan fingerprint density at radius 1 is 1.25 bits per heavy atom. The molecular weight excluding hydrogens is 189 g/mol. The summed E-state index contributed by atoms with van der Waals surface area (Å²) in [5, 5.41) is 0. The summed E-state index contributed by atoms with van der Waals surface area (Å²) in [6.07, 6.45) is -2.65. The first-order valence-corrected chi connectivity index (χ1v) is 5.47. The summed E-state index contributed by atoms with van der Waals surface area (Å²) in [6, 6.07) is 0. The molecule has 70 valence electrons. The number of Topliss-reactive ketones (excluding diaryl/α,β-unsaturated/α-hetero) is 1. The molecule has 0 atom stereocenters. The first-order valence-electron chi connectivity index (χ1n) is 3.74. The van der Waals surface area contributed by atoms with Crippen LogP contribution >= 0.6 is 0 Å². The van der Waals surface area contributed by atoms with Gasteiger partial charge in [-0.15, -0.1) is 0 Å². The van der Waals surface area contributed by atoms with E-state index < -0.39 is 12.0 Å². The molecule has 0 N–H and O–H groups in total. The third-order valence-corrected chi connectivity index (χ3v) is 4.17. The van der Waals surface area contributed by atoms with Crippen molar-refractivity contribution in [2.24, 2.45) is 0 Å². The van der Waals surface area contributed by atoms with Gasteiger partial charge in [-0.1, -0.05) is 0 Å². The van der Waals surface area contributed by atoms with Crippen molar-refractivity contribution >= 4 is 16.7 Å². The van der Waals surface area contributed by atoms with Crippen molar-refractivity contribution < 1.29 is 18.0 Å². The number of alkyl halides is 3. The highest BCUT2D eigenvalue weighted by Crippen LogP contribution is 2.20. The van der Waals surface area contributed by atoms with Crippen LogP contribution in [0.5, 0.6) is 0 Å². The van der Waals surface area contributed by atoms with E-state index in [0.717, 1.165) is 24.3 Å². The Morgan fingerprint density at radius 3 is 2.17 bits per heavy atom. The van der Waals surface area contributed by atoms with Crippen molar-refractivity contribution in [1.82, 2.24) is 0 Å². The van der Waals surface area contributed by atoms with Crippen LogP contribution in [-0.4, -0.2) is 29.2 Å². The van der Waals surface area contributed by atoms with Gasteiger partial charge in [0.2, 0.25) is 0 Å². The molecule has 0 unspecified atom stereocenters. The fourth-order valence-electron chi connectivity index (χ4n) is 1.13. The maximum absolute atomic E-state index is 11.8. The molecule has 1 heterocycles. The minimum absolute atomic E-state index is 0.273. The first-order chi connectivity index (χ1) is 5.50. The molecule has 0 saturated carbocycles. The second-order valence-corrected chi connectivity index (χ2v) is 5.12. The highest BCUT2D eigenvalue weighted by atomic mass is 32.2. The summed E-state index contributed by atoms with van der Waals surface area (Å²) in [4.78, 5) is 10.5. The standard InChI is InChI=1S/C7H10F3OS/c8-7(9,10)6(11)5-12-3-1-2-4-12/h1-5H2/q+1. The molecule has 5 heteroatoms. The summed E-state index contributed by atoms with van der Waals surface area (Å²) in [5.74, 6) is -0.208. The van der Waals surface area contributed by atoms with E-state index in [1.807, 2.05) is 0 Å². The van der Waals surface area contributed by atoms with Crippen molar-refractivity contribution in [2.75, 3.05) is 17.3 Å². The van der Waals surface area contributed by atoms with Gasteiger partial charge in [-0.2, -0.15) is 13.2 Å². The van der Waals surface area contributed by atoms with Gasteiger partial charge in [0.1, 0.15) is 11.5 Å². The second kappa shape index (κ2) is 3.68. The second-order valence-electron chi connectivity index (χ2n) is 2.79. The van der Waals surface area contributed by atoms with E-state index in [1.165, 1.54) is 0 Å². The van der Waals surface area contributed by atoms with Crippen LogP contribution in [0.3, 0.4) is 0 Å². The van der Waals surface area contributed by atoms with Gasteiger partial charge >= 0.3 is 6.18 Å². The van der Waals surface area contributed by atoms with Crippen LogP contribution in [0.2, 0.25) is 0 Å². The summed E-state index contributed by atoms with van der Waals surface area (Å²) < 4.78 is 35.3. The van der Waals surface area contributed by atoms with E-state index in [4.69, 9.17) is 0 Å². The SMILES string of the molecule is O=C(C[S+]1CCCC1)C(F)(F)F. The van der Waals surface area contributed by atoms with Crippen molar-refractivity contribution in [3.63, 3.8) is 0 Å². The Hall–Kier alpha value is -0.190. The average molecular weight is 199 g/mol. The van der Waals surface area contributed by atoms with Gasteiger partial charge in [-0.3, -0.25) is 4.79 Å². The number of rotatable bonds is 2. The Balaban J connectivity index is 2.35. The minimum Gasteiger partial charge on any atom is -0.284 e. The molecule has 1 aliphatic rings. The maximum atomic E-state index is 11.8. The van der Waals surface area contributed by atoms with E-state index in [1.54, 1.807) is 0 Å². The molecule has 0 aromatic heterocycles. The largest absolute Gasteiger partial charge is 0.455 e. The van der Waals surface area contributed by atoms with Crippen molar-refractivity contribution in [2.45, 2.75) is 19.0 Å². The van der Waals surface area contributed by atoms with Crippen molar-refractivity contribution in [3.8, 4) is 0 Å². The molecule has 1 fully saturated rings. The molecule has 1 nitrogen and oxygen atoms in total. The van der Waals surface area contributed by atoms with Gasteiger partial charge < -0.3 is 0 Å². The number of ketones is 1. The lowest BCUT2D eigenvalue weighted by Crippen LogP contribution is -2.30. The lowest BCUT2D eigenvalue weighted by atomic mass is 10.4. The Bertz CT molecular complexity index is 172. The van der Waals surface area contributed by atoms with E-state index >= 15 is 0 Å². The molecule has 0 radical (unpaired) electrons. The van der Waals surface area contributed by atoms with Gasteiger partial charge in [0.15, 0.2) is 5.75 Å². The maximum Gasteiger partial charge on any atom is 0.455 e. The monoisotopic (exact) mass is 199 g/mol. The van der Waals surface area contributed by atoms with Crippen molar-refractivity contribution in [3.05, 3.63) is 0 Å². The molecule has 0 aromatic carbocycles. The first kappa shape index (κ1) is 9.89. The highest BCUT2D eigenvalue weighted by Gasteiger charge is 2.43. The van der Waals surface area contributed by atoms with Gasteiger partial charge in [0.25, 0.3) is 5.78 Å². The predicted octanol–water partition coefficient (Wildman–Crippen LogP) is 1.53. The average Bonchev–Trinajstić information content (AvgIpc) is 2.37. The van der Waals surface area contributed by atoms with E-state index in [2.05, 4.69) is 0 Å². The van der Waals surface area contributed by atoms with Gasteiger partial charge in [0.05, 0.1) is 0 Å². The molecule has 0 aromatic rings. The molecule has 0 spiro atoms. The zero-order chi connectivity index (χ0) is 9.19. The van der Waals surface area contributed by atoms with Crippen LogP contribution in [-0.2, 0) is 15.7 Å². The highest BCUT2D eigenvalue weighted by molar-refractivity contribution is 7.97. The predicted molar refractivity (Wildman–Crippen MR) is 42.3 cm³/mol. The number of carbonyl (C=O) groups is 1. The van der Waals surface area contributed by atoms with Crippen LogP contribution < -0.4 is 0 Å². The van der Waals surface area contributed by atoms with Gasteiger partial charge in [0, 0.05) is 0 Å². The molecule has 12 heavy (non-hydrogen) atoms. The van der Waals surface area contributed by atoms with E-state index in [0.29, 0.717) is 0 Å². The topological polar surface area (TPSA) is 17.1 Å². The van der Waals surface area contributed by atoms with Crippen LogP contribution in [0.1, 0.15) is 12.8 Å². The number of carbonyl (C=O) groups excluding carboxylic acids is 1. The fraction of sp³-hybridized carbons (Fsp3) is 0.857. The molecule has 0 aliphatic carbocycles. The van der Waals surface area contributed by atoms with Crippen LogP contribution in [0, 0.1) is 0 Å². The van der Waals surface area contributed by atoms with E-state index in [-0.39, 0.29) is 16.6 Å². The Labute approximate surface area is 71.7 Å². The molecule has 1 rings (SSSR count). The molecule has 0 bridgehead atoms. The van der Waals surface area contributed by atoms with Crippen LogP contribution in [0.15, 0.2) is 0 Å². The zero-order valence-corrected chi connectivity index (χ0v) is 7.30. The molecular formula is C7H10F3OS+. The van der Waals surface area contributed by atoms with Crippen LogP contribution in [0.4, 0.5) is 13.2 Å². The summed E-state index contributed by atoms with van der Waals surface area (Å²) in [7, 11) is -0.273. The summed E-state index contributed by atoms with van der Waals surface area (Å²) >= 11 is 0. The molecule has 1 saturated heterocycles. The van der Waals surface area contributed by atoms with Gasteiger partial charge in [-0.05, 0) is 23.7 Å². The minimum atomic E-state index is -4.62. The number of hydrogen-bond acceptors (Lipinski definition) is 1. The molecule has 1 aliphatic heterocycles. The Kier molecular flexibility index (Phi) is 3.04. The third kappa shape index (κ3) is 2.69. The molecule has 0 amide bonds. The van der Waals surface area contributed by atoms with Crippen molar-refractivity contribution in [1.29, 1.82) is 0 Å². The van der Waals surface area contributed by atoms with E-state index in [9.17, 15) is 18.0 Å². The fourth-order valence-corrected chi connectivity index (χ4v) is 3.38. The normalized spacial score (nSPS) is 19.9. The summed E-state index contributed by atoms with van der Waals surface area (Å²) in [5.41, 5.74) is 0. The lowest BCUT2D eigenvalue weighted by molar-refractivity contribution is -0.167. The zero-order valence-electron chi connectivity index (χ0n) is 6.49. The summed E-state index contributed by atoms with van der Waals surface area (Å²) in [6.45, 7) is 0. The third-order valence-electron chi connectivity index (χ3n) is 1.77.